The summed E-state index contributed by atoms with van der Waals surface area (Å²) in [7, 11) is 0. The normalized spacial score (nSPS) is 27.9. The van der Waals surface area contributed by atoms with E-state index in [4.69, 9.17) is 0 Å². The van der Waals surface area contributed by atoms with Gasteiger partial charge in [0.1, 0.15) is 5.75 Å². The third kappa shape index (κ3) is 2.49. The van der Waals surface area contributed by atoms with Gasteiger partial charge in [0.2, 0.25) is 0 Å². The van der Waals surface area contributed by atoms with E-state index in [2.05, 4.69) is 26.1 Å². The third-order valence-corrected chi connectivity index (χ3v) is 3.55. The van der Waals surface area contributed by atoms with Gasteiger partial charge in [0.15, 0.2) is 0 Å². The van der Waals surface area contributed by atoms with Gasteiger partial charge in [-0.25, -0.2) is 0 Å². The second kappa shape index (κ2) is 4.00. The van der Waals surface area contributed by atoms with Gasteiger partial charge in [0.25, 0.3) is 0 Å². The number of anilines is 1. The van der Waals surface area contributed by atoms with Crippen LogP contribution in [-0.4, -0.2) is 11.1 Å². The monoisotopic (exact) mass is 219 g/mol. The summed E-state index contributed by atoms with van der Waals surface area (Å²) in [6, 6.07) is 7.89. The molecule has 2 rings (SSSR count). The van der Waals surface area contributed by atoms with Crippen molar-refractivity contribution < 1.29 is 5.11 Å². The minimum Gasteiger partial charge on any atom is -0.508 e. The van der Waals surface area contributed by atoms with E-state index in [9.17, 15) is 5.11 Å². The summed E-state index contributed by atoms with van der Waals surface area (Å²) in [6.45, 7) is 6.98. The molecule has 2 nitrogen and oxygen atoms in total. The first kappa shape index (κ1) is 11.3. The Hall–Kier alpha value is -1.18. The van der Waals surface area contributed by atoms with E-state index in [0.29, 0.717) is 23.1 Å². The quantitative estimate of drug-likeness (QED) is 0.744. The van der Waals surface area contributed by atoms with Gasteiger partial charge in [0, 0.05) is 11.7 Å². The van der Waals surface area contributed by atoms with E-state index >= 15 is 0 Å². The van der Waals surface area contributed by atoms with Crippen LogP contribution in [0.1, 0.15) is 33.6 Å². The predicted molar refractivity (Wildman–Crippen MR) is 67.7 cm³/mol. The lowest BCUT2D eigenvalue weighted by Crippen LogP contribution is -2.22. The van der Waals surface area contributed by atoms with Crippen molar-refractivity contribution in [3.63, 3.8) is 0 Å². The zero-order valence-corrected chi connectivity index (χ0v) is 10.3. The Kier molecular flexibility index (Phi) is 2.83. The highest BCUT2D eigenvalue weighted by Gasteiger charge is 2.36. The average molecular weight is 219 g/mol. The van der Waals surface area contributed by atoms with Gasteiger partial charge in [-0.15, -0.1) is 0 Å². The van der Waals surface area contributed by atoms with Crippen molar-refractivity contribution in [1.82, 2.24) is 0 Å². The molecule has 1 aromatic carbocycles. The lowest BCUT2D eigenvalue weighted by atomic mass is 9.91. The summed E-state index contributed by atoms with van der Waals surface area (Å²) in [6.07, 6.45) is 2.50. The molecule has 0 radical (unpaired) electrons. The minimum atomic E-state index is 0.324. The fourth-order valence-corrected chi connectivity index (χ4v) is 2.86. The molecule has 2 atom stereocenters. The van der Waals surface area contributed by atoms with Crippen LogP contribution in [0.5, 0.6) is 5.75 Å². The third-order valence-electron chi connectivity index (χ3n) is 3.55. The maximum Gasteiger partial charge on any atom is 0.115 e. The molecule has 0 aliphatic heterocycles. The van der Waals surface area contributed by atoms with Crippen LogP contribution in [0.4, 0.5) is 5.69 Å². The number of rotatable bonds is 2. The molecule has 16 heavy (non-hydrogen) atoms. The van der Waals surface area contributed by atoms with Gasteiger partial charge in [-0.3, -0.25) is 0 Å². The lowest BCUT2D eigenvalue weighted by Gasteiger charge is -2.19. The Morgan fingerprint density at radius 1 is 1.19 bits per heavy atom. The SMILES string of the molecule is CC1CC(C)(C)CC1Nc1ccc(O)cc1. The molecule has 0 spiro atoms. The van der Waals surface area contributed by atoms with Crippen molar-refractivity contribution in [3.8, 4) is 5.75 Å². The molecule has 88 valence electrons. The smallest absolute Gasteiger partial charge is 0.115 e. The molecule has 0 aromatic heterocycles. The predicted octanol–water partition coefficient (Wildman–Crippen LogP) is 3.63. The first-order valence-corrected chi connectivity index (χ1v) is 6.02. The second-order valence-corrected chi connectivity index (χ2v) is 5.85. The molecule has 1 aliphatic rings. The van der Waals surface area contributed by atoms with Crippen LogP contribution in [0.25, 0.3) is 0 Å². The highest BCUT2D eigenvalue weighted by molar-refractivity contribution is 5.47. The van der Waals surface area contributed by atoms with E-state index in [1.54, 1.807) is 12.1 Å². The summed E-state index contributed by atoms with van der Waals surface area (Å²) in [4.78, 5) is 0. The van der Waals surface area contributed by atoms with Crippen LogP contribution >= 0.6 is 0 Å². The Morgan fingerprint density at radius 2 is 1.81 bits per heavy atom. The molecule has 2 heteroatoms. The van der Waals surface area contributed by atoms with Gasteiger partial charge in [-0.1, -0.05) is 20.8 Å². The Balaban J connectivity index is 2.03. The number of benzene rings is 1. The van der Waals surface area contributed by atoms with E-state index < -0.39 is 0 Å². The molecule has 1 fully saturated rings. The summed E-state index contributed by atoms with van der Waals surface area (Å²) in [5.41, 5.74) is 1.56. The zero-order valence-electron chi connectivity index (χ0n) is 10.3. The number of aromatic hydroxyl groups is 1. The van der Waals surface area contributed by atoms with Crippen LogP contribution in [0.2, 0.25) is 0 Å². The van der Waals surface area contributed by atoms with Crippen molar-refractivity contribution in [2.45, 2.75) is 39.7 Å². The molecule has 0 bridgehead atoms. The Labute approximate surface area is 97.7 Å². The topological polar surface area (TPSA) is 32.3 Å². The standard InChI is InChI=1S/C14H21NO/c1-10-8-14(2,3)9-13(10)15-11-4-6-12(16)7-5-11/h4-7,10,13,15-16H,8-9H2,1-3H3. The highest BCUT2D eigenvalue weighted by atomic mass is 16.3. The van der Waals surface area contributed by atoms with Crippen molar-refractivity contribution >= 4 is 5.69 Å². The first-order valence-electron chi connectivity index (χ1n) is 6.02. The zero-order chi connectivity index (χ0) is 11.8. The van der Waals surface area contributed by atoms with Gasteiger partial charge in [-0.05, 0) is 48.4 Å². The van der Waals surface area contributed by atoms with Crippen LogP contribution in [0.15, 0.2) is 24.3 Å². The van der Waals surface area contributed by atoms with Gasteiger partial charge in [0.05, 0.1) is 0 Å². The van der Waals surface area contributed by atoms with Crippen molar-refractivity contribution in [3.05, 3.63) is 24.3 Å². The van der Waals surface area contributed by atoms with Gasteiger partial charge in [-0.2, -0.15) is 0 Å². The molecular formula is C14H21NO. The number of phenolic OH excluding ortho intramolecular Hbond substituents is 1. The Morgan fingerprint density at radius 3 is 2.31 bits per heavy atom. The van der Waals surface area contributed by atoms with E-state index in [-0.39, 0.29) is 0 Å². The van der Waals surface area contributed by atoms with E-state index in [1.165, 1.54) is 12.8 Å². The van der Waals surface area contributed by atoms with Crippen molar-refractivity contribution in [2.75, 3.05) is 5.32 Å². The van der Waals surface area contributed by atoms with Gasteiger partial charge >= 0.3 is 0 Å². The van der Waals surface area contributed by atoms with Crippen LogP contribution in [-0.2, 0) is 0 Å². The fraction of sp³-hybridized carbons (Fsp3) is 0.571. The second-order valence-electron chi connectivity index (χ2n) is 5.85. The van der Waals surface area contributed by atoms with E-state index in [1.807, 2.05) is 12.1 Å². The number of nitrogens with one attached hydrogen (secondary N) is 1. The molecule has 1 aliphatic carbocycles. The Bertz CT molecular complexity index is 356. The molecule has 2 unspecified atom stereocenters. The summed E-state index contributed by atoms with van der Waals surface area (Å²) < 4.78 is 0. The van der Waals surface area contributed by atoms with E-state index in [0.717, 1.165) is 5.69 Å². The summed E-state index contributed by atoms with van der Waals surface area (Å²) in [5.74, 6) is 1.04. The lowest BCUT2D eigenvalue weighted by molar-refractivity contribution is 0.366. The minimum absolute atomic E-state index is 0.324. The molecule has 0 amide bonds. The first-order chi connectivity index (χ1) is 7.46. The highest BCUT2D eigenvalue weighted by Crippen LogP contribution is 2.42. The summed E-state index contributed by atoms with van der Waals surface area (Å²) >= 11 is 0. The van der Waals surface area contributed by atoms with Crippen molar-refractivity contribution in [2.24, 2.45) is 11.3 Å². The molecular weight excluding hydrogens is 198 g/mol. The number of hydrogen-bond acceptors (Lipinski definition) is 2. The van der Waals surface area contributed by atoms with Crippen molar-refractivity contribution in [1.29, 1.82) is 0 Å². The number of hydrogen-bond donors (Lipinski definition) is 2. The summed E-state index contributed by atoms with van der Waals surface area (Å²) in [5, 5.41) is 12.8. The molecule has 0 heterocycles. The van der Waals surface area contributed by atoms with Gasteiger partial charge < -0.3 is 10.4 Å². The van der Waals surface area contributed by atoms with Crippen LogP contribution in [0, 0.1) is 11.3 Å². The molecule has 1 aromatic rings. The fourth-order valence-electron chi connectivity index (χ4n) is 2.86. The molecule has 1 saturated carbocycles. The molecule has 2 N–H and O–H groups in total. The van der Waals surface area contributed by atoms with Crippen LogP contribution in [0.3, 0.4) is 0 Å². The largest absolute Gasteiger partial charge is 0.508 e. The average Bonchev–Trinajstić information content (AvgIpc) is 2.44. The molecule has 0 saturated heterocycles. The maximum absolute atomic E-state index is 9.22. The van der Waals surface area contributed by atoms with Crippen LogP contribution < -0.4 is 5.32 Å². The maximum atomic E-state index is 9.22. The number of phenols is 1.